The van der Waals surface area contributed by atoms with Gasteiger partial charge in [-0.05, 0) is 12.1 Å². The number of aryl methyl sites for hydroxylation is 2. The second-order valence-electron chi connectivity index (χ2n) is 3.97. The van der Waals surface area contributed by atoms with Gasteiger partial charge in [0, 0.05) is 12.4 Å². The maximum absolute atomic E-state index is 12.0. The van der Waals surface area contributed by atoms with Crippen molar-refractivity contribution in [1.82, 2.24) is 24.0 Å². The summed E-state index contributed by atoms with van der Waals surface area (Å²) in [4.78, 5) is 12.0. The Hall–Kier alpha value is -2.57. The minimum Gasteiger partial charge on any atom is -0.396 e. The van der Waals surface area contributed by atoms with Crippen LogP contribution in [0.15, 0.2) is 41.6 Å². The predicted octanol–water partition coefficient (Wildman–Crippen LogP) is -0.0251. The molecule has 3 aromatic rings. The summed E-state index contributed by atoms with van der Waals surface area (Å²) in [6.45, 7) is 1.02. The Morgan fingerprint density at radius 2 is 2.17 bits per heavy atom. The molecule has 2 N–H and O–H groups in total. The Balaban J connectivity index is 1.87. The Morgan fingerprint density at radius 1 is 1.28 bits per heavy atom. The Bertz CT molecular complexity index is 737. The SMILES string of the molecule is Nc1cnn(CCn2nc3ccccn3c2=O)c1. The molecule has 7 heteroatoms. The van der Waals surface area contributed by atoms with Gasteiger partial charge in [0.05, 0.1) is 25.0 Å². The van der Waals surface area contributed by atoms with Gasteiger partial charge in [-0.25, -0.2) is 9.48 Å². The number of nitrogens with two attached hydrogens (primary N) is 1. The summed E-state index contributed by atoms with van der Waals surface area (Å²) < 4.78 is 4.62. The van der Waals surface area contributed by atoms with Crippen molar-refractivity contribution in [3.8, 4) is 0 Å². The molecule has 0 amide bonds. The summed E-state index contributed by atoms with van der Waals surface area (Å²) in [6.07, 6.45) is 5.00. The van der Waals surface area contributed by atoms with Gasteiger partial charge in [0.25, 0.3) is 0 Å². The maximum Gasteiger partial charge on any atom is 0.350 e. The van der Waals surface area contributed by atoms with Crippen molar-refractivity contribution in [2.24, 2.45) is 0 Å². The molecule has 18 heavy (non-hydrogen) atoms. The van der Waals surface area contributed by atoms with Crippen molar-refractivity contribution in [3.63, 3.8) is 0 Å². The van der Waals surface area contributed by atoms with Crippen LogP contribution >= 0.6 is 0 Å². The number of rotatable bonds is 3. The third-order valence-electron chi connectivity index (χ3n) is 2.68. The van der Waals surface area contributed by atoms with Crippen LogP contribution in [0.2, 0.25) is 0 Å². The highest BCUT2D eigenvalue weighted by Gasteiger charge is 2.05. The normalized spacial score (nSPS) is 11.1. The van der Waals surface area contributed by atoms with Gasteiger partial charge in [0.15, 0.2) is 5.65 Å². The summed E-state index contributed by atoms with van der Waals surface area (Å²) in [5.41, 5.74) is 6.67. The maximum atomic E-state index is 12.0. The predicted molar refractivity (Wildman–Crippen MR) is 66.1 cm³/mol. The molecule has 3 rings (SSSR count). The molecule has 0 atom stereocenters. The Morgan fingerprint density at radius 3 is 2.89 bits per heavy atom. The number of pyridine rings is 1. The highest BCUT2D eigenvalue weighted by Crippen LogP contribution is 1.99. The molecule has 0 unspecified atom stereocenters. The molecular weight excluding hydrogens is 232 g/mol. The lowest BCUT2D eigenvalue weighted by atomic mass is 10.5. The second-order valence-corrected chi connectivity index (χ2v) is 3.97. The summed E-state index contributed by atoms with van der Waals surface area (Å²) in [5.74, 6) is 0. The van der Waals surface area contributed by atoms with E-state index in [2.05, 4.69) is 10.2 Å². The quantitative estimate of drug-likeness (QED) is 0.701. The van der Waals surface area contributed by atoms with Crippen molar-refractivity contribution in [3.05, 3.63) is 47.3 Å². The lowest BCUT2D eigenvalue weighted by Gasteiger charge is -1.99. The fourth-order valence-electron chi connectivity index (χ4n) is 1.81. The van der Waals surface area contributed by atoms with E-state index < -0.39 is 0 Å². The van der Waals surface area contributed by atoms with Gasteiger partial charge in [-0.15, -0.1) is 5.10 Å². The number of fused-ring (bicyclic) bond motifs is 1. The van der Waals surface area contributed by atoms with Crippen molar-refractivity contribution in [2.75, 3.05) is 5.73 Å². The molecule has 0 saturated carbocycles. The number of nitrogen functional groups attached to an aromatic ring is 1. The molecule has 0 saturated heterocycles. The van der Waals surface area contributed by atoms with Gasteiger partial charge in [-0.3, -0.25) is 9.08 Å². The zero-order chi connectivity index (χ0) is 12.5. The first kappa shape index (κ1) is 10.6. The van der Waals surface area contributed by atoms with Crippen molar-refractivity contribution < 1.29 is 0 Å². The van der Waals surface area contributed by atoms with Crippen LogP contribution in [0.25, 0.3) is 5.65 Å². The first-order valence-corrected chi connectivity index (χ1v) is 5.56. The highest BCUT2D eigenvalue weighted by atomic mass is 16.2. The molecule has 3 heterocycles. The molecule has 0 aliphatic rings. The lowest BCUT2D eigenvalue weighted by molar-refractivity contribution is 0.489. The first-order chi connectivity index (χ1) is 8.74. The molecule has 0 radical (unpaired) electrons. The Kier molecular flexibility index (Phi) is 2.36. The largest absolute Gasteiger partial charge is 0.396 e. The van der Waals surface area contributed by atoms with Crippen LogP contribution in [-0.4, -0.2) is 24.0 Å². The van der Waals surface area contributed by atoms with Gasteiger partial charge in [0.2, 0.25) is 0 Å². The van der Waals surface area contributed by atoms with Crippen LogP contribution in [-0.2, 0) is 13.1 Å². The fourth-order valence-corrected chi connectivity index (χ4v) is 1.81. The second kappa shape index (κ2) is 4.02. The van der Waals surface area contributed by atoms with Crippen molar-refractivity contribution in [1.29, 1.82) is 0 Å². The summed E-state index contributed by atoms with van der Waals surface area (Å²) in [5, 5.41) is 8.29. The molecule has 0 spiro atoms. The van der Waals surface area contributed by atoms with Crippen molar-refractivity contribution in [2.45, 2.75) is 13.1 Å². The molecule has 0 aromatic carbocycles. The van der Waals surface area contributed by atoms with E-state index >= 15 is 0 Å². The Labute approximate surface area is 102 Å². The zero-order valence-electron chi connectivity index (χ0n) is 9.60. The standard InChI is InChI=1S/C11H12N6O/c12-9-7-13-15(8-9)5-6-17-11(18)16-4-2-1-3-10(16)14-17/h1-4,7-8H,5-6,12H2. The van der Waals surface area contributed by atoms with E-state index in [-0.39, 0.29) is 5.69 Å². The number of anilines is 1. The summed E-state index contributed by atoms with van der Waals surface area (Å²) in [7, 11) is 0. The van der Waals surface area contributed by atoms with Crippen LogP contribution in [0.3, 0.4) is 0 Å². The van der Waals surface area contributed by atoms with Crippen LogP contribution in [0.1, 0.15) is 0 Å². The topological polar surface area (TPSA) is 83.1 Å². The van der Waals surface area contributed by atoms with E-state index in [0.717, 1.165) is 0 Å². The molecule has 0 fully saturated rings. The van der Waals surface area contributed by atoms with Crippen LogP contribution in [0, 0.1) is 0 Å². The average molecular weight is 244 g/mol. The van der Waals surface area contributed by atoms with Gasteiger partial charge in [0.1, 0.15) is 0 Å². The monoisotopic (exact) mass is 244 g/mol. The third-order valence-corrected chi connectivity index (χ3v) is 2.68. The highest BCUT2D eigenvalue weighted by molar-refractivity contribution is 5.35. The van der Waals surface area contributed by atoms with E-state index in [9.17, 15) is 4.79 Å². The minimum atomic E-state index is -0.147. The van der Waals surface area contributed by atoms with Gasteiger partial charge < -0.3 is 5.73 Å². The van der Waals surface area contributed by atoms with Gasteiger partial charge in [-0.2, -0.15) is 5.10 Å². The van der Waals surface area contributed by atoms with E-state index in [1.54, 1.807) is 35.4 Å². The molecule has 92 valence electrons. The lowest BCUT2D eigenvalue weighted by Crippen LogP contribution is -2.23. The van der Waals surface area contributed by atoms with Gasteiger partial charge in [-0.1, -0.05) is 6.07 Å². The summed E-state index contributed by atoms with van der Waals surface area (Å²) >= 11 is 0. The molecule has 3 aromatic heterocycles. The van der Waals surface area contributed by atoms with E-state index in [1.165, 1.54) is 9.08 Å². The summed E-state index contributed by atoms with van der Waals surface area (Å²) in [6, 6.07) is 5.44. The van der Waals surface area contributed by atoms with Crippen LogP contribution in [0.5, 0.6) is 0 Å². The van der Waals surface area contributed by atoms with Crippen LogP contribution in [0.4, 0.5) is 5.69 Å². The molecular formula is C11H12N6O. The third kappa shape index (κ3) is 1.75. The fraction of sp³-hybridized carbons (Fsp3) is 0.182. The molecule has 0 aliphatic heterocycles. The van der Waals surface area contributed by atoms with E-state index in [4.69, 9.17) is 5.73 Å². The van der Waals surface area contributed by atoms with E-state index in [1.807, 2.05) is 6.07 Å². The number of nitrogens with zero attached hydrogens (tertiary/aromatic N) is 5. The van der Waals surface area contributed by atoms with Gasteiger partial charge >= 0.3 is 5.69 Å². The van der Waals surface area contributed by atoms with Crippen molar-refractivity contribution >= 4 is 11.3 Å². The average Bonchev–Trinajstić information content (AvgIpc) is 2.92. The smallest absolute Gasteiger partial charge is 0.350 e. The molecule has 7 nitrogen and oxygen atoms in total. The minimum absolute atomic E-state index is 0.147. The number of hydrogen-bond acceptors (Lipinski definition) is 4. The molecule has 0 bridgehead atoms. The van der Waals surface area contributed by atoms with E-state index in [0.29, 0.717) is 24.4 Å². The van der Waals surface area contributed by atoms with Crippen LogP contribution < -0.4 is 11.4 Å². The number of aromatic nitrogens is 5. The zero-order valence-corrected chi connectivity index (χ0v) is 9.60. The first-order valence-electron chi connectivity index (χ1n) is 5.56. The number of hydrogen-bond donors (Lipinski definition) is 1. The molecule has 0 aliphatic carbocycles.